The Labute approximate surface area is 201 Å². The van der Waals surface area contributed by atoms with Crippen molar-refractivity contribution >= 4 is 45.3 Å². The van der Waals surface area contributed by atoms with Crippen LogP contribution in [0.15, 0.2) is 64.8 Å². The van der Waals surface area contributed by atoms with Gasteiger partial charge in [0.05, 0.1) is 33.0 Å². The highest BCUT2D eigenvalue weighted by Crippen LogP contribution is 2.29. The molecule has 0 saturated carbocycles. The highest BCUT2D eigenvalue weighted by atomic mass is 32.1. The van der Waals surface area contributed by atoms with Gasteiger partial charge < -0.3 is 24.7 Å². The van der Waals surface area contributed by atoms with Gasteiger partial charge in [-0.2, -0.15) is 0 Å². The highest BCUT2D eigenvalue weighted by Gasteiger charge is 2.17. The molecule has 0 aliphatic rings. The second-order valence-electron chi connectivity index (χ2n) is 7.65. The maximum atomic E-state index is 12.8. The van der Waals surface area contributed by atoms with E-state index < -0.39 is 0 Å². The minimum Gasteiger partial charge on any atom is -0.497 e. The third kappa shape index (κ3) is 5.35. The standard InChI is InChI=1S/C25H25N3O3S2/c1-16-6-8-21-17(11-16)12-18(24(29)26-21)14-28(15-20-5-4-10-33-20)25(32)27-22-9-7-19(30-2)13-23(22)31-3/h4-13H,14-15H2,1-3H3,(H,26,29)(H,27,32). The number of fused-ring (bicyclic) bond motifs is 1. The fourth-order valence-corrected chi connectivity index (χ4v) is 4.54. The molecule has 8 heteroatoms. The summed E-state index contributed by atoms with van der Waals surface area (Å²) in [6.45, 7) is 2.98. The molecule has 0 unspecified atom stereocenters. The number of nitrogens with zero attached hydrogens (tertiary/aromatic N) is 1. The van der Waals surface area contributed by atoms with E-state index in [0.29, 0.717) is 35.3 Å². The van der Waals surface area contributed by atoms with E-state index in [9.17, 15) is 4.79 Å². The summed E-state index contributed by atoms with van der Waals surface area (Å²) in [6.07, 6.45) is 0. The van der Waals surface area contributed by atoms with Crippen molar-refractivity contribution in [2.75, 3.05) is 19.5 Å². The number of thiocarbonyl (C=S) groups is 1. The number of ether oxygens (including phenoxy) is 2. The van der Waals surface area contributed by atoms with E-state index in [1.54, 1.807) is 31.6 Å². The summed E-state index contributed by atoms with van der Waals surface area (Å²) in [7, 11) is 3.21. The fourth-order valence-electron chi connectivity index (χ4n) is 3.58. The van der Waals surface area contributed by atoms with Crippen LogP contribution in [0.5, 0.6) is 11.5 Å². The number of hydrogen-bond donors (Lipinski definition) is 2. The summed E-state index contributed by atoms with van der Waals surface area (Å²) >= 11 is 7.43. The first-order valence-electron chi connectivity index (χ1n) is 10.4. The molecule has 2 heterocycles. The van der Waals surface area contributed by atoms with E-state index in [0.717, 1.165) is 27.0 Å². The Morgan fingerprint density at radius 2 is 1.94 bits per heavy atom. The maximum Gasteiger partial charge on any atom is 0.253 e. The lowest BCUT2D eigenvalue weighted by Crippen LogP contribution is -2.35. The number of methoxy groups -OCH3 is 2. The molecule has 0 aliphatic carbocycles. The number of nitrogens with one attached hydrogen (secondary N) is 2. The molecule has 2 N–H and O–H groups in total. The normalized spacial score (nSPS) is 10.8. The predicted octanol–water partition coefficient (Wildman–Crippen LogP) is 5.31. The zero-order valence-electron chi connectivity index (χ0n) is 18.7. The average Bonchev–Trinajstić information content (AvgIpc) is 3.32. The molecule has 0 radical (unpaired) electrons. The Hall–Kier alpha value is -3.36. The van der Waals surface area contributed by atoms with Crippen LogP contribution in [0.4, 0.5) is 5.69 Å². The molecule has 0 saturated heterocycles. The van der Waals surface area contributed by atoms with E-state index in [1.165, 1.54) is 0 Å². The van der Waals surface area contributed by atoms with E-state index in [-0.39, 0.29) is 5.56 Å². The smallest absolute Gasteiger partial charge is 0.253 e. The van der Waals surface area contributed by atoms with Gasteiger partial charge in [-0.1, -0.05) is 17.7 Å². The Morgan fingerprint density at radius 3 is 2.67 bits per heavy atom. The minimum atomic E-state index is -0.118. The topological polar surface area (TPSA) is 66.6 Å². The number of aryl methyl sites for hydroxylation is 1. The van der Waals surface area contributed by atoms with Crippen molar-refractivity contribution in [3.8, 4) is 11.5 Å². The van der Waals surface area contributed by atoms with Gasteiger partial charge in [0, 0.05) is 22.0 Å². The average molecular weight is 480 g/mol. The first-order valence-corrected chi connectivity index (χ1v) is 11.7. The van der Waals surface area contributed by atoms with Crippen molar-refractivity contribution in [1.29, 1.82) is 0 Å². The number of H-pyrrole nitrogens is 1. The number of hydrogen-bond acceptors (Lipinski definition) is 5. The zero-order chi connectivity index (χ0) is 23.4. The number of rotatable bonds is 7. The minimum absolute atomic E-state index is 0.118. The van der Waals surface area contributed by atoms with Crippen molar-refractivity contribution in [1.82, 2.24) is 9.88 Å². The molecule has 170 valence electrons. The largest absolute Gasteiger partial charge is 0.497 e. The van der Waals surface area contributed by atoms with Crippen LogP contribution in [-0.4, -0.2) is 29.2 Å². The van der Waals surface area contributed by atoms with E-state index >= 15 is 0 Å². The summed E-state index contributed by atoms with van der Waals surface area (Å²) < 4.78 is 10.8. The van der Waals surface area contributed by atoms with Crippen LogP contribution in [-0.2, 0) is 13.1 Å². The van der Waals surface area contributed by atoms with E-state index in [1.807, 2.05) is 53.6 Å². The van der Waals surface area contributed by atoms with Gasteiger partial charge in [-0.3, -0.25) is 4.79 Å². The highest BCUT2D eigenvalue weighted by molar-refractivity contribution is 7.80. The number of pyridine rings is 1. The molecular formula is C25H25N3O3S2. The summed E-state index contributed by atoms with van der Waals surface area (Å²) in [5, 5.41) is 6.80. The SMILES string of the molecule is COc1ccc(NC(=S)N(Cc2cccs2)Cc2cc3cc(C)ccc3[nH]c2=O)c(OC)c1. The molecule has 4 rings (SSSR count). The third-order valence-corrected chi connectivity index (χ3v) is 6.52. The lowest BCUT2D eigenvalue weighted by Gasteiger charge is -2.26. The number of benzene rings is 2. The summed E-state index contributed by atoms with van der Waals surface area (Å²) in [5.41, 5.74) is 3.22. The monoisotopic (exact) mass is 479 g/mol. The first-order chi connectivity index (χ1) is 16.0. The van der Waals surface area contributed by atoms with Crippen LogP contribution in [0.3, 0.4) is 0 Å². The lowest BCUT2D eigenvalue weighted by molar-refractivity contribution is 0.395. The number of aromatic amines is 1. The fraction of sp³-hybridized carbons (Fsp3) is 0.200. The molecule has 0 bridgehead atoms. The maximum absolute atomic E-state index is 12.8. The molecular weight excluding hydrogens is 454 g/mol. The van der Waals surface area contributed by atoms with Gasteiger partial charge in [0.15, 0.2) is 5.11 Å². The quantitative estimate of drug-likeness (QED) is 0.350. The van der Waals surface area contributed by atoms with Gasteiger partial charge in [0.25, 0.3) is 5.56 Å². The second kappa shape index (κ2) is 10.1. The van der Waals surface area contributed by atoms with Crippen LogP contribution in [0, 0.1) is 6.92 Å². The molecule has 0 aliphatic heterocycles. The summed E-state index contributed by atoms with van der Waals surface area (Å²) in [4.78, 5) is 19.0. The molecule has 4 aromatic rings. The van der Waals surface area contributed by atoms with Crippen molar-refractivity contribution in [3.05, 3.63) is 86.3 Å². The van der Waals surface area contributed by atoms with E-state index in [2.05, 4.69) is 22.4 Å². The Kier molecular flexibility index (Phi) is 6.96. The van der Waals surface area contributed by atoms with Crippen LogP contribution in [0.1, 0.15) is 16.0 Å². The molecule has 2 aromatic carbocycles. The van der Waals surface area contributed by atoms with E-state index in [4.69, 9.17) is 21.7 Å². The molecule has 0 atom stereocenters. The van der Waals surface area contributed by atoms with Gasteiger partial charge in [0.2, 0.25) is 0 Å². The van der Waals surface area contributed by atoms with Gasteiger partial charge in [0.1, 0.15) is 11.5 Å². The van der Waals surface area contributed by atoms with Crippen molar-refractivity contribution in [2.45, 2.75) is 20.0 Å². The third-order valence-electron chi connectivity index (χ3n) is 5.30. The predicted molar refractivity (Wildman–Crippen MR) is 139 cm³/mol. The van der Waals surface area contributed by atoms with Crippen LogP contribution in [0.25, 0.3) is 10.9 Å². The molecule has 0 amide bonds. The molecule has 0 spiro atoms. The lowest BCUT2D eigenvalue weighted by atomic mass is 10.1. The second-order valence-corrected chi connectivity index (χ2v) is 9.07. The number of thiophene rings is 1. The van der Waals surface area contributed by atoms with Crippen molar-refractivity contribution in [3.63, 3.8) is 0 Å². The summed E-state index contributed by atoms with van der Waals surface area (Å²) in [6, 6.07) is 17.5. The van der Waals surface area contributed by atoms with Crippen LogP contribution < -0.4 is 20.3 Å². The van der Waals surface area contributed by atoms with Crippen molar-refractivity contribution in [2.24, 2.45) is 0 Å². The van der Waals surface area contributed by atoms with Gasteiger partial charge in [-0.05, 0) is 66.3 Å². The molecule has 2 aromatic heterocycles. The Bertz CT molecular complexity index is 1330. The summed E-state index contributed by atoms with van der Waals surface area (Å²) in [5.74, 6) is 1.31. The zero-order valence-corrected chi connectivity index (χ0v) is 20.3. The van der Waals surface area contributed by atoms with Crippen molar-refractivity contribution < 1.29 is 9.47 Å². The molecule has 6 nitrogen and oxygen atoms in total. The van der Waals surface area contributed by atoms with Crippen LogP contribution >= 0.6 is 23.6 Å². The molecule has 0 fully saturated rings. The first kappa shape index (κ1) is 22.8. The Balaban J connectivity index is 1.64. The van der Waals surface area contributed by atoms with Gasteiger partial charge in [-0.15, -0.1) is 11.3 Å². The number of anilines is 1. The Morgan fingerprint density at radius 1 is 1.09 bits per heavy atom. The molecule has 33 heavy (non-hydrogen) atoms. The van der Waals surface area contributed by atoms with Gasteiger partial charge in [-0.25, -0.2) is 0 Å². The number of aromatic nitrogens is 1. The van der Waals surface area contributed by atoms with Crippen LogP contribution in [0.2, 0.25) is 0 Å². The van der Waals surface area contributed by atoms with Gasteiger partial charge >= 0.3 is 0 Å².